The molecule has 94 valence electrons. The molecule has 0 saturated heterocycles. The van der Waals surface area contributed by atoms with Crippen molar-refractivity contribution < 1.29 is 14.6 Å². The van der Waals surface area contributed by atoms with Crippen LogP contribution in [0.3, 0.4) is 0 Å². The standard InChI is InChI=1S/C12H16BrNO3/c1-8(7-17-2)6-14-12(16)9-3-4-10(13)11(15)5-9/h3-5,8,15H,6-7H2,1-2H3,(H,14,16). The number of carbonyl (C=O) groups excluding carboxylic acids is 1. The fraction of sp³-hybridized carbons (Fsp3) is 0.417. The molecule has 0 spiro atoms. The van der Waals surface area contributed by atoms with Gasteiger partial charge in [0.25, 0.3) is 5.91 Å². The van der Waals surface area contributed by atoms with Crippen LogP contribution in [0.5, 0.6) is 5.75 Å². The molecule has 1 unspecified atom stereocenters. The van der Waals surface area contributed by atoms with Crippen molar-refractivity contribution in [1.82, 2.24) is 5.32 Å². The van der Waals surface area contributed by atoms with Crippen LogP contribution in [-0.4, -0.2) is 31.3 Å². The Morgan fingerprint density at radius 1 is 1.59 bits per heavy atom. The smallest absolute Gasteiger partial charge is 0.251 e. The highest BCUT2D eigenvalue weighted by atomic mass is 79.9. The molecule has 0 fully saturated rings. The summed E-state index contributed by atoms with van der Waals surface area (Å²) in [6.07, 6.45) is 0. The Morgan fingerprint density at radius 2 is 2.29 bits per heavy atom. The zero-order valence-electron chi connectivity index (χ0n) is 9.87. The van der Waals surface area contributed by atoms with Crippen LogP contribution >= 0.6 is 15.9 Å². The quantitative estimate of drug-likeness (QED) is 0.876. The van der Waals surface area contributed by atoms with Gasteiger partial charge < -0.3 is 15.2 Å². The molecule has 0 aromatic heterocycles. The molecule has 1 aromatic carbocycles. The first-order chi connectivity index (χ1) is 8.04. The molecule has 5 heteroatoms. The fourth-order valence-corrected chi connectivity index (χ4v) is 1.61. The number of aromatic hydroxyl groups is 1. The molecule has 0 radical (unpaired) electrons. The minimum atomic E-state index is -0.198. The van der Waals surface area contributed by atoms with E-state index < -0.39 is 0 Å². The normalized spacial score (nSPS) is 12.2. The molecule has 0 heterocycles. The van der Waals surface area contributed by atoms with E-state index >= 15 is 0 Å². The van der Waals surface area contributed by atoms with Crippen molar-refractivity contribution in [3.05, 3.63) is 28.2 Å². The van der Waals surface area contributed by atoms with Crippen LogP contribution in [0.25, 0.3) is 0 Å². The third-order valence-electron chi connectivity index (χ3n) is 2.27. The van der Waals surface area contributed by atoms with Gasteiger partial charge >= 0.3 is 0 Å². The lowest BCUT2D eigenvalue weighted by molar-refractivity contribution is 0.0933. The minimum absolute atomic E-state index is 0.0580. The van der Waals surface area contributed by atoms with Gasteiger partial charge in [-0.3, -0.25) is 4.79 Å². The number of ether oxygens (including phenoxy) is 1. The van der Waals surface area contributed by atoms with Crippen LogP contribution in [0, 0.1) is 5.92 Å². The number of amides is 1. The highest BCUT2D eigenvalue weighted by Gasteiger charge is 2.09. The van der Waals surface area contributed by atoms with Crippen LogP contribution in [0.15, 0.2) is 22.7 Å². The number of rotatable bonds is 5. The third-order valence-corrected chi connectivity index (χ3v) is 2.94. The van der Waals surface area contributed by atoms with Gasteiger partial charge in [-0.25, -0.2) is 0 Å². The predicted molar refractivity (Wildman–Crippen MR) is 69.2 cm³/mol. The van der Waals surface area contributed by atoms with Crippen molar-refractivity contribution in [1.29, 1.82) is 0 Å². The first kappa shape index (κ1) is 14.0. The highest BCUT2D eigenvalue weighted by Crippen LogP contribution is 2.24. The number of hydrogen-bond acceptors (Lipinski definition) is 3. The maximum absolute atomic E-state index is 11.7. The minimum Gasteiger partial charge on any atom is -0.507 e. The van der Waals surface area contributed by atoms with Gasteiger partial charge in [0, 0.05) is 19.2 Å². The van der Waals surface area contributed by atoms with Crippen molar-refractivity contribution >= 4 is 21.8 Å². The number of nitrogens with one attached hydrogen (secondary N) is 1. The monoisotopic (exact) mass is 301 g/mol. The van der Waals surface area contributed by atoms with Gasteiger partial charge in [-0.1, -0.05) is 6.92 Å². The summed E-state index contributed by atoms with van der Waals surface area (Å²) < 4.78 is 5.55. The second-order valence-corrected chi connectivity index (χ2v) is 4.79. The zero-order chi connectivity index (χ0) is 12.8. The van der Waals surface area contributed by atoms with E-state index in [1.165, 1.54) is 6.07 Å². The molecule has 0 bridgehead atoms. The fourth-order valence-electron chi connectivity index (χ4n) is 1.37. The van der Waals surface area contributed by atoms with Gasteiger partial charge in [-0.05, 0) is 40.0 Å². The Hall–Kier alpha value is -1.07. The molecule has 0 saturated carbocycles. The van der Waals surface area contributed by atoms with Crippen LogP contribution in [-0.2, 0) is 4.74 Å². The number of halogens is 1. The van der Waals surface area contributed by atoms with E-state index in [0.717, 1.165) is 0 Å². The van der Waals surface area contributed by atoms with Gasteiger partial charge in [-0.15, -0.1) is 0 Å². The van der Waals surface area contributed by atoms with Gasteiger partial charge in [0.2, 0.25) is 0 Å². The van der Waals surface area contributed by atoms with Crippen molar-refractivity contribution in [2.24, 2.45) is 5.92 Å². The summed E-state index contributed by atoms with van der Waals surface area (Å²) in [5.74, 6) is 0.117. The Morgan fingerprint density at radius 3 is 2.88 bits per heavy atom. The Bertz CT molecular complexity index is 395. The zero-order valence-corrected chi connectivity index (χ0v) is 11.5. The highest BCUT2D eigenvalue weighted by molar-refractivity contribution is 9.10. The van der Waals surface area contributed by atoms with Gasteiger partial charge in [0.15, 0.2) is 0 Å². The van der Waals surface area contributed by atoms with E-state index in [1.54, 1.807) is 19.2 Å². The second kappa shape index (κ2) is 6.61. The molecule has 4 nitrogen and oxygen atoms in total. The van der Waals surface area contributed by atoms with E-state index in [1.807, 2.05) is 6.92 Å². The van der Waals surface area contributed by atoms with Crippen LogP contribution in [0.4, 0.5) is 0 Å². The average molecular weight is 302 g/mol. The molecule has 1 aromatic rings. The lowest BCUT2D eigenvalue weighted by Crippen LogP contribution is -2.29. The van der Waals surface area contributed by atoms with E-state index in [9.17, 15) is 9.90 Å². The Kier molecular flexibility index (Phi) is 5.44. The second-order valence-electron chi connectivity index (χ2n) is 3.94. The molecular formula is C12H16BrNO3. The lowest BCUT2D eigenvalue weighted by Gasteiger charge is -2.11. The van der Waals surface area contributed by atoms with Gasteiger partial charge in [0.1, 0.15) is 5.75 Å². The van der Waals surface area contributed by atoms with E-state index in [4.69, 9.17) is 4.74 Å². The maximum Gasteiger partial charge on any atom is 0.251 e. The van der Waals surface area contributed by atoms with E-state index in [2.05, 4.69) is 21.2 Å². The van der Waals surface area contributed by atoms with Crippen molar-refractivity contribution in [2.75, 3.05) is 20.3 Å². The maximum atomic E-state index is 11.7. The number of hydrogen-bond donors (Lipinski definition) is 2. The van der Waals surface area contributed by atoms with Crippen LogP contribution in [0.1, 0.15) is 17.3 Å². The summed E-state index contributed by atoms with van der Waals surface area (Å²) in [5, 5.41) is 12.2. The topological polar surface area (TPSA) is 58.6 Å². The van der Waals surface area contributed by atoms with Gasteiger partial charge in [0.05, 0.1) is 11.1 Å². The molecule has 1 rings (SSSR count). The molecule has 0 aliphatic carbocycles. The number of methoxy groups -OCH3 is 1. The SMILES string of the molecule is COCC(C)CNC(=O)c1ccc(Br)c(O)c1. The van der Waals surface area contributed by atoms with Crippen LogP contribution in [0.2, 0.25) is 0 Å². The van der Waals surface area contributed by atoms with Crippen molar-refractivity contribution in [3.8, 4) is 5.75 Å². The lowest BCUT2D eigenvalue weighted by atomic mass is 10.1. The van der Waals surface area contributed by atoms with E-state index in [0.29, 0.717) is 23.2 Å². The Labute approximate surface area is 109 Å². The Balaban J connectivity index is 2.55. The first-order valence-electron chi connectivity index (χ1n) is 5.30. The third kappa shape index (κ3) is 4.36. The predicted octanol–water partition coefficient (Wildman–Crippen LogP) is 2.17. The number of carbonyl (C=O) groups is 1. The molecule has 17 heavy (non-hydrogen) atoms. The number of phenols is 1. The largest absolute Gasteiger partial charge is 0.507 e. The molecular weight excluding hydrogens is 286 g/mol. The summed E-state index contributed by atoms with van der Waals surface area (Å²) in [6.45, 7) is 3.14. The summed E-state index contributed by atoms with van der Waals surface area (Å²) in [6, 6.07) is 4.73. The van der Waals surface area contributed by atoms with E-state index in [-0.39, 0.29) is 17.6 Å². The summed E-state index contributed by atoms with van der Waals surface area (Å²) >= 11 is 3.16. The molecule has 1 amide bonds. The summed E-state index contributed by atoms with van der Waals surface area (Å²) in [5.41, 5.74) is 0.440. The number of phenolic OH excluding ortho intramolecular Hbond substituents is 1. The molecule has 0 aliphatic heterocycles. The van der Waals surface area contributed by atoms with Crippen LogP contribution < -0.4 is 5.32 Å². The number of benzene rings is 1. The molecule has 0 aliphatic rings. The summed E-state index contributed by atoms with van der Waals surface area (Å²) in [7, 11) is 1.63. The van der Waals surface area contributed by atoms with Crippen molar-refractivity contribution in [3.63, 3.8) is 0 Å². The molecule has 2 N–H and O–H groups in total. The van der Waals surface area contributed by atoms with Gasteiger partial charge in [-0.2, -0.15) is 0 Å². The molecule has 1 atom stereocenters. The summed E-state index contributed by atoms with van der Waals surface area (Å²) in [4.78, 5) is 11.7. The average Bonchev–Trinajstić information content (AvgIpc) is 2.30. The van der Waals surface area contributed by atoms with Crippen molar-refractivity contribution in [2.45, 2.75) is 6.92 Å². The first-order valence-corrected chi connectivity index (χ1v) is 6.09.